The molecule has 5 heteroatoms. The average Bonchev–Trinajstić information content (AvgIpc) is 2.90. The van der Waals surface area contributed by atoms with Crippen molar-refractivity contribution in [2.75, 3.05) is 0 Å². The van der Waals surface area contributed by atoms with Crippen LogP contribution in [-0.4, -0.2) is 16.2 Å². The zero-order valence-electron chi connectivity index (χ0n) is 8.51. The zero-order valence-corrected chi connectivity index (χ0v) is 9.32. The fraction of sp³-hybridized carbons (Fsp3) is 0.182. The van der Waals surface area contributed by atoms with E-state index >= 15 is 0 Å². The molecule has 2 rings (SSSR count). The maximum atomic E-state index is 10.7. The summed E-state index contributed by atoms with van der Waals surface area (Å²) in [7, 11) is 0. The number of carboxylic acid groups (broad SMARTS) is 1. The quantitative estimate of drug-likeness (QED) is 0.860. The maximum Gasteiger partial charge on any atom is 0.371 e. The molecule has 0 spiro atoms. The van der Waals surface area contributed by atoms with Gasteiger partial charge in [0.1, 0.15) is 5.76 Å². The van der Waals surface area contributed by atoms with Crippen molar-refractivity contribution in [3.63, 3.8) is 0 Å². The van der Waals surface area contributed by atoms with E-state index in [0.29, 0.717) is 4.88 Å². The summed E-state index contributed by atoms with van der Waals surface area (Å²) >= 11 is 1.38. The van der Waals surface area contributed by atoms with Crippen LogP contribution in [0, 0.1) is 0 Å². The van der Waals surface area contributed by atoms with Gasteiger partial charge in [-0.25, -0.2) is 4.79 Å². The summed E-state index contributed by atoms with van der Waals surface area (Å²) in [6.07, 6.45) is 0. The second-order valence-electron chi connectivity index (χ2n) is 3.52. The predicted octanol–water partition coefficient (Wildman–Crippen LogP) is 2.30. The van der Waals surface area contributed by atoms with Crippen LogP contribution in [0.5, 0.6) is 0 Å². The summed E-state index contributed by atoms with van der Waals surface area (Å²) in [5, 5.41) is 20.8. The van der Waals surface area contributed by atoms with Gasteiger partial charge in [0.05, 0.1) is 0 Å². The van der Waals surface area contributed by atoms with Crippen molar-refractivity contribution in [3.8, 4) is 0 Å². The van der Waals surface area contributed by atoms with Gasteiger partial charge in [0.25, 0.3) is 0 Å². The van der Waals surface area contributed by atoms with Crippen molar-refractivity contribution in [2.24, 2.45) is 0 Å². The van der Waals surface area contributed by atoms with Gasteiger partial charge in [-0.1, -0.05) is 6.07 Å². The highest BCUT2D eigenvalue weighted by Crippen LogP contribution is 2.33. The highest BCUT2D eigenvalue weighted by molar-refractivity contribution is 7.10. The standard InChI is InChI=1S/C11H10O4S/c1-11(14,9-3-2-6-16-9)8-5-4-7(15-8)10(12)13/h2-6,14H,1H3,(H,12,13). The molecule has 0 aliphatic carbocycles. The van der Waals surface area contributed by atoms with Crippen LogP contribution >= 0.6 is 11.3 Å². The number of hydrogen-bond donors (Lipinski definition) is 2. The molecule has 0 fully saturated rings. The molecular formula is C11H10O4S. The van der Waals surface area contributed by atoms with Crippen molar-refractivity contribution in [1.29, 1.82) is 0 Å². The van der Waals surface area contributed by atoms with E-state index in [4.69, 9.17) is 9.52 Å². The van der Waals surface area contributed by atoms with Crippen LogP contribution in [0.2, 0.25) is 0 Å². The van der Waals surface area contributed by atoms with Gasteiger partial charge in [-0.3, -0.25) is 0 Å². The van der Waals surface area contributed by atoms with Gasteiger partial charge >= 0.3 is 5.97 Å². The third-order valence-electron chi connectivity index (χ3n) is 2.30. The Bertz CT molecular complexity index is 496. The third kappa shape index (κ3) is 1.75. The lowest BCUT2D eigenvalue weighted by atomic mass is 10.0. The highest BCUT2D eigenvalue weighted by Gasteiger charge is 2.31. The number of rotatable bonds is 3. The van der Waals surface area contributed by atoms with E-state index in [1.165, 1.54) is 23.5 Å². The van der Waals surface area contributed by atoms with E-state index in [0.717, 1.165) is 0 Å². The fourth-order valence-electron chi connectivity index (χ4n) is 1.39. The van der Waals surface area contributed by atoms with E-state index in [1.54, 1.807) is 13.0 Å². The van der Waals surface area contributed by atoms with Crippen LogP contribution in [0.3, 0.4) is 0 Å². The largest absolute Gasteiger partial charge is 0.475 e. The minimum atomic E-state index is -1.29. The third-order valence-corrected chi connectivity index (χ3v) is 3.38. The van der Waals surface area contributed by atoms with Crippen LogP contribution in [0.1, 0.15) is 28.1 Å². The average molecular weight is 238 g/mol. The van der Waals surface area contributed by atoms with Gasteiger partial charge in [0.2, 0.25) is 5.76 Å². The Kier molecular flexibility index (Phi) is 2.57. The molecule has 0 aliphatic heterocycles. The summed E-state index contributed by atoms with van der Waals surface area (Å²) in [5.41, 5.74) is -1.29. The highest BCUT2D eigenvalue weighted by atomic mass is 32.1. The molecule has 1 atom stereocenters. The van der Waals surface area contributed by atoms with Crippen molar-refractivity contribution < 1.29 is 19.4 Å². The number of furan rings is 1. The molecule has 0 aromatic carbocycles. The molecule has 0 amide bonds. The summed E-state index contributed by atoms with van der Waals surface area (Å²) in [5.74, 6) is -1.09. The van der Waals surface area contributed by atoms with Crippen LogP contribution < -0.4 is 0 Å². The van der Waals surface area contributed by atoms with Crippen molar-refractivity contribution in [3.05, 3.63) is 46.0 Å². The molecule has 84 valence electrons. The maximum absolute atomic E-state index is 10.7. The second kappa shape index (κ2) is 3.77. The van der Waals surface area contributed by atoms with Gasteiger partial charge in [0.15, 0.2) is 5.60 Å². The number of carboxylic acids is 1. The fourth-order valence-corrected chi connectivity index (χ4v) is 2.18. The van der Waals surface area contributed by atoms with Gasteiger partial charge in [-0.05, 0) is 30.5 Å². The smallest absolute Gasteiger partial charge is 0.371 e. The van der Waals surface area contributed by atoms with Gasteiger partial charge < -0.3 is 14.6 Å². The summed E-state index contributed by atoms with van der Waals surface area (Å²) in [6.45, 7) is 1.57. The Labute approximate surface area is 95.8 Å². The lowest BCUT2D eigenvalue weighted by Gasteiger charge is -2.18. The summed E-state index contributed by atoms with van der Waals surface area (Å²) < 4.78 is 5.09. The molecule has 0 saturated heterocycles. The van der Waals surface area contributed by atoms with Crippen LogP contribution in [0.25, 0.3) is 0 Å². The molecule has 0 bridgehead atoms. The number of thiophene rings is 1. The Morgan fingerprint density at radius 1 is 1.44 bits per heavy atom. The Hall–Kier alpha value is -1.59. The van der Waals surface area contributed by atoms with Crippen LogP contribution in [0.4, 0.5) is 0 Å². The lowest BCUT2D eigenvalue weighted by Crippen LogP contribution is -2.20. The molecule has 2 aromatic heterocycles. The molecule has 16 heavy (non-hydrogen) atoms. The minimum Gasteiger partial charge on any atom is -0.475 e. The minimum absolute atomic E-state index is 0.174. The molecule has 2 aromatic rings. The van der Waals surface area contributed by atoms with E-state index in [1.807, 2.05) is 11.4 Å². The van der Waals surface area contributed by atoms with E-state index in [9.17, 15) is 9.90 Å². The van der Waals surface area contributed by atoms with Crippen molar-refractivity contribution >= 4 is 17.3 Å². The SMILES string of the molecule is CC(O)(c1ccc(C(=O)O)o1)c1cccs1. The molecule has 2 heterocycles. The molecule has 0 radical (unpaired) electrons. The zero-order chi connectivity index (χ0) is 11.8. The van der Waals surface area contributed by atoms with E-state index in [2.05, 4.69) is 0 Å². The molecule has 0 saturated carbocycles. The van der Waals surface area contributed by atoms with Crippen LogP contribution in [-0.2, 0) is 5.60 Å². The van der Waals surface area contributed by atoms with Gasteiger partial charge in [0, 0.05) is 4.88 Å². The normalized spacial score (nSPS) is 14.6. The molecule has 4 nitrogen and oxygen atoms in total. The number of carbonyl (C=O) groups is 1. The Balaban J connectivity index is 2.39. The first-order valence-corrected chi connectivity index (χ1v) is 5.50. The molecule has 2 N–H and O–H groups in total. The predicted molar refractivity (Wildman–Crippen MR) is 58.7 cm³/mol. The van der Waals surface area contributed by atoms with Crippen molar-refractivity contribution in [2.45, 2.75) is 12.5 Å². The van der Waals surface area contributed by atoms with Gasteiger partial charge in [-0.15, -0.1) is 11.3 Å². The lowest BCUT2D eigenvalue weighted by molar-refractivity contribution is 0.0610. The summed E-state index contributed by atoms with van der Waals surface area (Å²) in [4.78, 5) is 11.4. The summed E-state index contributed by atoms with van der Waals surface area (Å²) in [6, 6.07) is 6.39. The molecule has 1 unspecified atom stereocenters. The van der Waals surface area contributed by atoms with Gasteiger partial charge in [-0.2, -0.15) is 0 Å². The monoisotopic (exact) mass is 238 g/mol. The van der Waals surface area contributed by atoms with E-state index in [-0.39, 0.29) is 11.5 Å². The van der Waals surface area contributed by atoms with Crippen LogP contribution in [0.15, 0.2) is 34.1 Å². The number of aromatic carboxylic acids is 1. The Morgan fingerprint density at radius 3 is 2.69 bits per heavy atom. The van der Waals surface area contributed by atoms with Crippen molar-refractivity contribution in [1.82, 2.24) is 0 Å². The first kappa shape index (κ1) is 10.9. The van der Waals surface area contributed by atoms with E-state index < -0.39 is 11.6 Å². The first-order valence-electron chi connectivity index (χ1n) is 4.62. The number of hydrogen-bond acceptors (Lipinski definition) is 4. The second-order valence-corrected chi connectivity index (χ2v) is 4.47. The number of aliphatic hydroxyl groups is 1. The Morgan fingerprint density at radius 2 is 2.19 bits per heavy atom. The topological polar surface area (TPSA) is 70.7 Å². The molecular weight excluding hydrogens is 228 g/mol. The molecule has 0 aliphatic rings. The first-order chi connectivity index (χ1) is 7.51.